The van der Waals surface area contributed by atoms with Gasteiger partial charge in [0.25, 0.3) is 5.91 Å². The van der Waals surface area contributed by atoms with E-state index in [-0.39, 0.29) is 0 Å². The molecule has 1 saturated heterocycles. The summed E-state index contributed by atoms with van der Waals surface area (Å²) in [5, 5.41) is 5.43. The van der Waals surface area contributed by atoms with Crippen LogP contribution in [0.25, 0.3) is 11.1 Å². The molecule has 34 heavy (non-hydrogen) atoms. The summed E-state index contributed by atoms with van der Waals surface area (Å²) in [5.74, 6) is -0.0774. The first-order valence-corrected chi connectivity index (χ1v) is 10.7. The van der Waals surface area contributed by atoms with Gasteiger partial charge in [0, 0.05) is 5.69 Å². The van der Waals surface area contributed by atoms with E-state index in [1.54, 1.807) is 37.3 Å². The summed E-state index contributed by atoms with van der Waals surface area (Å²) in [4.78, 5) is 39.3. The molecule has 3 aromatic carbocycles. The average Bonchev–Trinajstić information content (AvgIpc) is 3.08. The Hall–Kier alpha value is -4.33. The number of benzene rings is 3. The molecule has 1 aliphatic rings. The number of carbonyl (C=O) groups is 3. The Morgan fingerprint density at radius 3 is 2.21 bits per heavy atom. The van der Waals surface area contributed by atoms with E-state index in [1.807, 2.05) is 42.5 Å². The summed E-state index contributed by atoms with van der Waals surface area (Å²) in [5.41, 5.74) is 1.82. The molecule has 2 N–H and O–H groups in total. The molecule has 3 aromatic rings. The normalized spacial score (nSPS) is 17.3. The van der Waals surface area contributed by atoms with E-state index in [0.29, 0.717) is 22.7 Å². The number of imide groups is 1. The van der Waals surface area contributed by atoms with Crippen LogP contribution >= 0.6 is 0 Å². The average molecular weight is 460 g/mol. The zero-order valence-corrected chi connectivity index (χ0v) is 19.1. The third kappa shape index (κ3) is 4.30. The Bertz CT molecular complexity index is 1230. The number of anilines is 1. The van der Waals surface area contributed by atoms with Crippen LogP contribution in [0.15, 0.2) is 72.8 Å². The van der Waals surface area contributed by atoms with Gasteiger partial charge in [-0.05, 0) is 47.9 Å². The van der Waals surface area contributed by atoms with Crippen molar-refractivity contribution in [3.63, 3.8) is 0 Å². The Morgan fingerprint density at radius 2 is 1.56 bits per heavy atom. The smallest absolute Gasteiger partial charge is 0.325 e. The van der Waals surface area contributed by atoms with Crippen LogP contribution in [0.3, 0.4) is 0 Å². The number of nitrogens with one attached hydrogen (secondary N) is 2. The zero-order valence-electron chi connectivity index (χ0n) is 19.1. The van der Waals surface area contributed by atoms with E-state index >= 15 is 0 Å². The Morgan fingerprint density at radius 1 is 0.912 bits per heavy atom. The molecule has 0 bridgehead atoms. The molecule has 8 heteroatoms. The van der Waals surface area contributed by atoms with Crippen molar-refractivity contribution in [3.8, 4) is 22.6 Å². The van der Waals surface area contributed by atoms with Gasteiger partial charge in [-0.3, -0.25) is 14.5 Å². The minimum absolute atomic E-state index is 0.409. The van der Waals surface area contributed by atoms with Crippen molar-refractivity contribution in [2.45, 2.75) is 12.5 Å². The first-order chi connectivity index (χ1) is 16.4. The van der Waals surface area contributed by atoms with Gasteiger partial charge < -0.3 is 20.1 Å². The van der Waals surface area contributed by atoms with Crippen molar-refractivity contribution in [2.24, 2.45) is 0 Å². The van der Waals surface area contributed by atoms with Crippen LogP contribution < -0.4 is 20.1 Å². The first kappa shape index (κ1) is 22.8. The van der Waals surface area contributed by atoms with E-state index in [9.17, 15) is 14.4 Å². The molecular weight excluding hydrogens is 434 g/mol. The molecule has 0 aliphatic carbocycles. The monoisotopic (exact) mass is 459 g/mol. The van der Waals surface area contributed by atoms with Crippen molar-refractivity contribution >= 4 is 23.5 Å². The number of rotatable bonds is 7. The molecule has 0 aromatic heterocycles. The van der Waals surface area contributed by atoms with Crippen molar-refractivity contribution < 1.29 is 23.9 Å². The molecule has 8 nitrogen and oxygen atoms in total. The summed E-state index contributed by atoms with van der Waals surface area (Å²) in [6.45, 7) is 1.18. The van der Waals surface area contributed by atoms with Crippen LogP contribution in [0.4, 0.5) is 10.5 Å². The molecule has 0 radical (unpaired) electrons. The molecule has 1 heterocycles. The Balaban J connectivity index is 1.45. The SMILES string of the molecule is COc1ccc([C@]2(C)NC(=O)N(CC(=O)Nc3ccc(-c4ccccc4)cc3)C2=O)cc1OC. The fourth-order valence-electron chi connectivity index (χ4n) is 3.90. The van der Waals surface area contributed by atoms with E-state index in [0.717, 1.165) is 16.0 Å². The number of hydrogen-bond donors (Lipinski definition) is 2. The van der Waals surface area contributed by atoms with Crippen molar-refractivity contribution in [1.29, 1.82) is 0 Å². The van der Waals surface area contributed by atoms with Gasteiger partial charge >= 0.3 is 6.03 Å². The zero-order chi connectivity index (χ0) is 24.3. The van der Waals surface area contributed by atoms with E-state index in [4.69, 9.17) is 9.47 Å². The maximum Gasteiger partial charge on any atom is 0.325 e. The topological polar surface area (TPSA) is 97.0 Å². The van der Waals surface area contributed by atoms with Gasteiger partial charge in [0.05, 0.1) is 14.2 Å². The number of nitrogens with zero attached hydrogens (tertiary/aromatic N) is 1. The fraction of sp³-hybridized carbons (Fsp3) is 0.192. The van der Waals surface area contributed by atoms with Crippen molar-refractivity contribution in [2.75, 3.05) is 26.1 Å². The molecular formula is C26H25N3O5. The maximum absolute atomic E-state index is 13.2. The summed E-state index contributed by atoms with van der Waals surface area (Å²) < 4.78 is 10.5. The standard InChI is InChI=1S/C26H25N3O5/c1-26(19-11-14-21(33-2)22(15-19)34-3)24(31)29(25(32)28-26)16-23(30)27-20-12-9-18(10-13-20)17-7-5-4-6-8-17/h4-15H,16H2,1-3H3,(H,27,30)(H,28,32)/t26-/m0/s1. The molecule has 174 valence electrons. The Kier molecular flexibility index (Phi) is 6.23. The third-order valence-corrected chi connectivity index (χ3v) is 5.81. The number of amides is 4. The van der Waals surface area contributed by atoms with Crippen LogP contribution in [-0.2, 0) is 15.1 Å². The fourth-order valence-corrected chi connectivity index (χ4v) is 3.90. The molecule has 0 spiro atoms. The van der Waals surface area contributed by atoms with Gasteiger partial charge in [0.1, 0.15) is 12.1 Å². The lowest BCUT2D eigenvalue weighted by Crippen LogP contribution is -2.42. The molecule has 4 rings (SSSR count). The highest BCUT2D eigenvalue weighted by atomic mass is 16.5. The highest BCUT2D eigenvalue weighted by molar-refractivity contribution is 6.10. The van der Waals surface area contributed by atoms with E-state index in [2.05, 4.69) is 10.6 Å². The lowest BCUT2D eigenvalue weighted by atomic mass is 9.91. The lowest BCUT2D eigenvalue weighted by molar-refractivity contribution is -0.133. The van der Waals surface area contributed by atoms with Gasteiger partial charge in [-0.2, -0.15) is 0 Å². The number of hydrogen-bond acceptors (Lipinski definition) is 5. The van der Waals surface area contributed by atoms with Gasteiger partial charge in [-0.25, -0.2) is 4.79 Å². The molecule has 1 aliphatic heterocycles. The largest absolute Gasteiger partial charge is 0.493 e. The Labute approximate surface area is 197 Å². The van der Waals surface area contributed by atoms with Crippen LogP contribution in [0.2, 0.25) is 0 Å². The van der Waals surface area contributed by atoms with Crippen molar-refractivity contribution in [3.05, 3.63) is 78.4 Å². The van der Waals surface area contributed by atoms with E-state index < -0.39 is 29.9 Å². The third-order valence-electron chi connectivity index (χ3n) is 5.81. The van der Waals surface area contributed by atoms with Crippen LogP contribution in [0, 0.1) is 0 Å². The highest BCUT2D eigenvalue weighted by Crippen LogP contribution is 2.35. The molecule has 4 amide bonds. The number of carbonyl (C=O) groups excluding carboxylic acids is 3. The summed E-state index contributed by atoms with van der Waals surface area (Å²) in [7, 11) is 3.00. The van der Waals surface area contributed by atoms with Gasteiger partial charge in [0.2, 0.25) is 5.91 Å². The van der Waals surface area contributed by atoms with Crippen LogP contribution in [-0.4, -0.2) is 43.5 Å². The van der Waals surface area contributed by atoms with Gasteiger partial charge in [0.15, 0.2) is 11.5 Å². The number of methoxy groups -OCH3 is 2. The van der Waals surface area contributed by atoms with E-state index in [1.165, 1.54) is 14.2 Å². The molecule has 0 unspecified atom stereocenters. The second-order valence-corrected chi connectivity index (χ2v) is 8.01. The maximum atomic E-state index is 13.2. The summed E-state index contributed by atoms with van der Waals surface area (Å²) >= 11 is 0. The number of ether oxygens (including phenoxy) is 2. The summed E-state index contributed by atoms with van der Waals surface area (Å²) in [6, 6.07) is 21.5. The molecule has 1 fully saturated rings. The minimum atomic E-state index is -1.34. The summed E-state index contributed by atoms with van der Waals surface area (Å²) in [6.07, 6.45) is 0. The quantitative estimate of drug-likeness (QED) is 0.524. The molecule has 1 atom stereocenters. The highest BCUT2D eigenvalue weighted by Gasteiger charge is 2.49. The van der Waals surface area contributed by atoms with Gasteiger partial charge in [-0.15, -0.1) is 0 Å². The predicted molar refractivity (Wildman–Crippen MR) is 128 cm³/mol. The molecule has 0 saturated carbocycles. The first-order valence-electron chi connectivity index (χ1n) is 10.7. The van der Waals surface area contributed by atoms with Crippen LogP contribution in [0.5, 0.6) is 11.5 Å². The van der Waals surface area contributed by atoms with Crippen molar-refractivity contribution in [1.82, 2.24) is 10.2 Å². The second kappa shape index (κ2) is 9.27. The number of urea groups is 1. The van der Waals surface area contributed by atoms with Gasteiger partial charge in [-0.1, -0.05) is 48.5 Å². The lowest BCUT2D eigenvalue weighted by Gasteiger charge is -2.23. The predicted octanol–water partition coefficient (Wildman–Crippen LogP) is 3.78. The minimum Gasteiger partial charge on any atom is -0.493 e. The van der Waals surface area contributed by atoms with Crippen LogP contribution in [0.1, 0.15) is 12.5 Å². The second-order valence-electron chi connectivity index (χ2n) is 8.01.